The number of carbonyl (C=O) groups is 1. The van der Waals surface area contributed by atoms with Crippen molar-refractivity contribution in [3.05, 3.63) is 46.7 Å². The van der Waals surface area contributed by atoms with Crippen molar-refractivity contribution in [1.82, 2.24) is 20.2 Å². The van der Waals surface area contributed by atoms with E-state index in [4.69, 9.17) is 9.47 Å². The highest BCUT2D eigenvalue weighted by Gasteiger charge is 2.36. The molecule has 0 fully saturated rings. The lowest BCUT2D eigenvalue weighted by atomic mass is 9.95. The van der Waals surface area contributed by atoms with Gasteiger partial charge in [-0.25, -0.2) is 13.6 Å². The van der Waals surface area contributed by atoms with Gasteiger partial charge in [-0.3, -0.25) is 0 Å². The predicted octanol–water partition coefficient (Wildman–Crippen LogP) is 1.43. The molecule has 1 aliphatic heterocycles. The maximum Gasteiger partial charge on any atom is 0.338 e. The molecule has 1 aliphatic rings. The number of nitrogens with zero attached hydrogens (tertiary/aromatic N) is 4. The van der Waals surface area contributed by atoms with E-state index in [1.807, 2.05) is 0 Å². The van der Waals surface area contributed by atoms with E-state index in [0.29, 0.717) is 5.70 Å². The Balaban J connectivity index is 2.05. The highest BCUT2D eigenvalue weighted by Crippen LogP contribution is 2.36. The first-order chi connectivity index (χ1) is 12.0. The molecule has 1 aromatic heterocycles. The molecule has 2 aromatic rings. The van der Waals surface area contributed by atoms with E-state index in [1.165, 1.54) is 17.9 Å². The number of nitrogens with one attached hydrogen (secondary N) is 1. The van der Waals surface area contributed by atoms with Crippen LogP contribution in [0.3, 0.4) is 0 Å². The van der Waals surface area contributed by atoms with Crippen molar-refractivity contribution in [1.29, 1.82) is 0 Å². The van der Waals surface area contributed by atoms with E-state index in [9.17, 15) is 13.6 Å². The van der Waals surface area contributed by atoms with Gasteiger partial charge >= 0.3 is 5.97 Å². The molecule has 1 atom stereocenters. The van der Waals surface area contributed by atoms with Crippen molar-refractivity contribution >= 4 is 11.9 Å². The molecule has 0 saturated carbocycles. The van der Waals surface area contributed by atoms with Crippen LogP contribution in [0.5, 0.6) is 0 Å². The van der Waals surface area contributed by atoms with Crippen molar-refractivity contribution in [2.24, 2.45) is 0 Å². The Bertz CT molecular complexity index is 836. The van der Waals surface area contributed by atoms with Crippen LogP contribution in [0.1, 0.15) is 18.5 Å². The minimum absolute atomic E-state index is 0.0349. The molecule has 0 aliphatic carbocycles. The Kier molecular flexibility index (Phi) is 4.70. The molecule has 1 N–H and O–H groups in total. The Hall–Kier alpha value is -2.88. The van der Waals surface area contributed by atoms with Gasteiger partial charge in [-0.2, -0.15) is 4.68 Å². The molecule has 3 rings (SSSR count). The number of ether oxygens (including phenoxy) is 2. The minimum atomic E-state index is -0.984. The molecule has 25 heavy (non-hydrogen) atoms. The quantitative estimate of drug-likeness (QED) is 0.644. The number of esters is 1. The number of tetrazole rings is 1. The third kappa shape index (κ3) is 3.20. The van der Waals surface area contributed by atoms with Crippen LogP contribution in [0, 0.1) is 11.6 Å². The SMILES string of the molecule is COCCOC(=O)C1=C(C)Nc2nnnn2[C@H]1c1ccc(F)cc1F. The van der Waals surface area contributed by atoms with Gasteiger partial charge in [-0.05, 0) is 23.4 Å². The second kappa shape index (κ2) is 6.93. The Morgan fingerprint density at radius 3 is 2.88 bits per heavy atom. The van der Waals surface area contributed by atoms with Crippen molar-refractivity contribution in [2.75, 3.05) is 25.6 Å². The summed E-state index contributed by atoms with van der Waals surface area (Å²) in [4.78, 5) is 12.5. The average molecular weight is 351 g/mol. The average Bonchev–Trinajstić information content (AvgIpc) is 3.02. The minimum Gasteiger partial charge on any atom is -0.460 e. The lowest BCUT2D eigenvalue weighted by molar-refractivity contribution is -0.140. The van der Waals surface area contributed by atoms with Crippen LogP contribution in [0.4, 0.5) is 14.7 Å². The highest BCUT2D eigenvalue weighted by molar-refractivity contribution is 5.92. The molecule has 0 spiro atoms. The normalized spacial score (nSPS) is 16.4. The zero-order valence-corrected chi connectivity index (χ0v) is 13.5. The fourth-order valence-corrected chi connectivity index (χ4v) is 2.58. The number of hydrogen-bond acceptors (Lipinski definition) is 7. The summed E-state index contributed by atoms with van der Waals surface area (Å²) in [6.45, 7) is 1.88. The second-order valence-electron chi connectivity index (χ2n) is 5.31. The van der Waals surface area contributed by atoms with Gasteiger partial charge in [0.25, 0.3) is 0 Å². The number of hydrogen-bond donors (Lipinski definition) is 1. The van der Waals surface area contributed by atoms with Crippen LogP contribution < -0.4 is 5.32 Å². The zero-order valence-electron chi connectivity index (χ0n) is 13.5. The summed E-state index contributed by atoms with van der Waals surface area (Å²) in [6.07, 6.45) is 0. The van der Waals surface area contributed by atoms with Crippen molar-refractivity contribution in [3.63, 3.8) is 0 Å². The monoisotopic (exact) mass is 351 g/mol. The molecule has 0 bridgehead atoms. The van der Waals surface area contributed by atoms with Gasteiger partial charge in [-0.1, -0.05) is 11.2 Å². The maximum absolute atomic E-state index is 14.4. The van der Waals surface area contributed by atoms with Crippen LogP contribution >= 0.6 is 0 Å². The fourth-order valence-electron chi connectivity index (χ4n) is 2.58. The Morgan fingerprint density at radius 2 is 2.16 bits per heavy atom. The molecule has 2 heterocycles. The van der Waals surface area contributed by atoms with Gasteiger partial charge in [0.15, 0.2) is 0 Å². The first-order valence-electron chi connectivity index (χ1n) is 7.39. The third-order valence-electron chi connectivity index (χ3n) is 3.71. The third-order valence-corrected chi connectivity index (χ3v) is 3.71. The van der Waals surface area contributed by atoms with E-state index in [0.717, 1.165) is 12.1 Å². The smallest absolute Gasteiger partial charge is 0.338 e. The van der Waals surface area contributed by atoms with Gasteiger partial charge in [0.05, 0.1) is 12.2 Å². The standard InChI is InChI=1S/C15H15F2N5O3/c1-8-12(14(23)25-6-5-24-2)13(22-15(18-8)19-20-21-22)10-4-3-9(16)7-11(10)17/h3-4,7,13H,5-6H2,1-2H3,(H,18,19,21)/t13-/m0/s1. The van der Waals surface area contributed by atoms with Gasteiger partial charge in [-0.15, -0.1) is 0 Å². The van der Waals surface area contributed by atoms with Crippen molar-refractivity contribution in [2.45, 2.75) is 13.0 Å². The summed E-state index contributed by atoms with van der Waals surface area (Å²) in [5.41, 5.74) is 0.592. The number of methoxy groups -OCH3 is 1. The Labute approximate surface area is 141 Å². The number of anilines is 1. The van der Waals surface area contributed by atoms with E-state index < -0.39 is 23.6 Å². The number of allylic oxidation sites excluding steroid dienone is 1. The van der Waals surface area contributed by atoms with Gasteiger partial charge in [0.2, 0.25) is 5.95 Å². The molecule has 1 aromatic carbocycles. The highest BCUT2D eigenvalue weighted by atomic mass is 19.1. The molecular formula is C15H15F2N5O3. The topological polar surface area (TPSA) is 91.2 Å². The van der Waals surface area contributed by atoms with Crippen LogP contribution in [0.2, 0.25) is 0 Å². The summed E-state index contributed by atoms with van der Waals surface area (Å²) in [5.74, 6) is -1.98. The first kappa shape index (κ1) is 17.0. The number of benzene rings is 1. The largest absolute Gasteiger partial charge is 0.460 e. The number of halogens is 2. The molecule has 0 amide bonds. The van der Waals surface area contributed by atoms with Gasteiger partial charge in [0, 0.05) is 24.4 Å². The lowest BCUT2D eigenvalue weighted by Crippen LogP contribution is -2.30. The van der Waals surface area contributed by atoms with E-state index in [2.05, 4.69) is 20.8 Å². The number of carbonyl (C=O) groups excluding carboxylic acids is 1. The molecule has 8 nitrogen and oxygen atoms in total. The van der Waals surface area contributed by atoms with E-state index >= 15 is 0 Å². The molecule has 0 radical (unpaired) electrons. The summed E-state index contributed by atoms with van der Waals surface area (Å²) in [7, 11) is 1.48. The summed E-state index contributed by atoms with van der Waals surface area (Å²) in [5, 5.41) is 14.0. The molecule has 132 valence electrons. The van der Waals surface area contributed by atoms with Crippen LogP contribution in [0.25, 0.3) is 0 Å². The lowest BCUT2D eigenvalue weighted by Gasteiger charge is -2.27. The number of fused-ring (bicyclic) bond motifs is 1. The molecule has 0 saturated heterocycles. The maximum atomic E-state index is 14.4. The first-order valence-corrected chi connectivity index (χ1v) is 7.39. The zero-order chi connectivity index (χ0) is 18.0. The van der Waals surface area contributed by atoms with Gasteiger partial charge in [0.1, 0.15) is 24.3 Å². The predicted molar refractivity (Wildman–Crippen MR) is 81.5 cm³/mol. The molecule has 10 heteroatoms. The van der Waals surface area contributed by atoms with Crippen LogP contribution in [0.15, 0.2) is 29.5 Å². The van der Waals surface area contributed by atoms with Crippen molar-refractivity contribution < 1.29 is 23.0 Å². The molecular weight excluding hydrogens is 336 g/mol. The number of rotatable bonds is 5. The second-order valence-corrected chi connectivity index (χ2v) is 5.31. The van der Waals surface area contributed by atoms with Gasteiger partial charge < -0.3 is 14.8 Å². The fraction of sp³-hybridized carbons (Fsp3) is 0.333. The summed E-state index contributed by atoms with van der Waals surface area (Å²) >= 11 is 0. The summed E-state index contributed by atoms with van der Waals surface area (Å²) < 4.78 is 38.9. The molecule has 0 unspecified atom stereocenters. The Morgan fingerprint density at radius 1 is 1.36 bits per heavy atom. The van der Waals surface area contributed by atoms with E-state index in [-0.39, 0.29) is 30.3 Å². The van der Waals surface area contributed by atoms with E-state index in [1.54, 1.807) is 6.92 Å². The van der Waals surface area contributed by atoms with Crippen LogP contribution in [-0.4, -0.2) is 46.5 Å². The summed E-state index contributed by atoms with van der Waals surface area (Å²) in [6, 6.07) is 2.11. The number of aromatic nitrogens is 4. The van der Waals surface area contributed by atoms with Crippen LogP contribution in [-0.2, 0) is 14.3 Å². The van der Waals surface area contributed by atoms with Crippen molar-refractivity contribution in [3.8, 4) is 0 Å².